The van der Waals surface area contributed by atoms with Gasteiger partial charge in [0.25, 0.3) is 0 Å². The molecule has 1 heterocycles. The molecule has 0 bridgehead atoms. The fraction of sp³-hybridized carbons (Fsp3) is 0. The lowest BCUT2D eigenvalue weighted by Gasteiger charge is -2.08. The second-order valence-corrected chi connectivity index (χ2v) is 6.34. The molecule has 3 N–H and O–H groups in total. The molecule has 0 aliphatic heterocycles. The van der Waals surface area contributed by atoms with E-state index in [4.69, 9.17) is 11.1 Å². The molecule has 98 valence electrons. The molecule has 7 heteroatoms. The summed E-state index contributed by atoms with van der Waals surface area (Å²) in [5.41, 5.74) is 5.70. The van der Waals surface area contributed by atoms with E-state index in [1.54, 1.807) is 24.4 Å². The number of hydrogen-bond donors (Lipinski definition) is 2. The summed E-state index contributed by atoms with van der Waals surface area (Å²) in [6.45, 7) is 0. The molecule has 0 unspecified atom stereocenters. The molecule has 0 aliphatic rings. The number of rotatable bonds is 3. The molecule has 19 heavy (non-hydrogen) atoms. The van der Waals surface area contributed by atoms with Crippen LogP contribution in [-0.2, 0) is 0 Å². The van der Waals surface area contributed by atoms with Crippen LogP contribution in [0, 0.1) is 11.2 Å². The van der Waals surface area contributed by atoms with Gasteiger partial charge in [0.05, 0.1) is 9.37 Å². The first kappa shape index (κ1) is 14.5. The van der Waals surface area contributed by atoms with Gasteiger partial charge in [-0.3, -0.25) is 5.41 Å². The third-order valence-corrected chi connectivity index (χ3v) is 4.48. The van der Waals surface area contributed by atoms with Gasteiger partial charge in [-0.05, 0) is 56.1 Å². The quantitative estimate of drug-likeness (QED) is 0.595. The molecule has 0 amide bonds. The van der Waals surface area contributed by atoms with Crippen LogP contribution in [-0.4, -0.2) is 10.8 Å². The Morgan fingerprint density at radius 2 is 2.00 bits per heavy atom. The molecule has 1 aromatic carbocycles. The number of aromatic nitrogens is 1. The van der Waals surface area contributed by atoms with Gasteiger partial charge in [-0.25, -0.2) is 9.37 Å². The summed E-state index contributed by atoms with van der Waals surface area (Å²) in [5, 5.41) is 8.03. The number of halogens is 3. The lowest BCUT2D eigenvalue weighted by Crippen LogP contribution is -2.12. The van der Waals surface area contributed by atoms with Gasteiger partial charge < -0.3 is 5.73 Å². The van der Waals surface area contributed by atoms with Crippen LogP contribution in [0.1, 0.15) is 5.56 Å². The van der Waals surface area contributed by atoms with E-state index in [2.05, 4.69) is 36.8 Å². The Labute approximate surface area is 130 Å². The van der Waals surface area contributed by atoms with Gasteiger partial charge in [-0.2, -0.15) is 0 Å². The Kier molecular flexibility index (Phi) is 4.59. The summed E-state index contributed by atoms with van der Waals surface area (Å²) >= 11 is 7.62. The molecular formula is C12H8Br2FN3S. The fourth-order valence-electron chi connectivity index (χ4n) is 1.35. The van der Waals surface area contributed by atoms with Crippen LogP contribution in [0.2, 0.25) is 0 Å². The van der Waals surface area contributed by atoms with E-state index in [1.807, 2.05) is 6.07 Å². The van der Waals surface area contributed by atoms with Crippen molar-refractivity contribution in [2.75, 3.05) is 0 Å². The zero-order valence-electron chi connectivity index (χ0n) is 9.45. The van der Waals surface area contributed by atoms with E-state index in [0.29, 0.717) is 15.5 Å². The Hall–Kier alpha value is -0.920. The Bertz CT molecular complexity index is 632. The van der Waals surface area contributed by atoms with Crippen LogP contribution in [0.5, 0.6) is 0 Å². The monoisotopic (exact) mass is 403 g/mol. The highest BCUT2D eigenvalue weighted by Crippen LogP contribution is 2.33. The van der Waals surface area contributed by atoms with E-state index >= 15 is 0 Å². The summed E-state index contributed by atoms with van der Waals surface area (Å²) in [6, 6.07) is 6.83. The van der Waals surface area contributed by atoms with Crippen LogP contribution >= 0.6 is 43.6 Å². The van der Waals surface area contributed by atoms with Crippen molar-refractivity contribution < 1.29 is 4.39 Å². The van der Waals surface area contributed by atoms with Gasteiger partial charge in [0.1, 0.15) is 10.9 Å². The van der Waals surface area contributed by atoms with Crippen molar-refractivity contribution in [3.05, 3.63) is 50.8 Å². The van der Waals surface area contributed by atoms with Gasteiger partial charge >= 0.3 is 0 Å². The number of nitrogen functional groups attached to an aromatic ring is 1. The Balaban J connectivity index is 2.34. The van der Waals surface area contributed by atoms with Crippen molar-refractivity contribution in [1.82, 2.24) is 4.98 Å². The maximum absolute atomic E-state index is 14.1. The first-order valence-corrected chi connectivity index (χ1v) is 7.51. The van der Waals surface area contributed by atoms with Gasteiger partial charge in [-0.15, -0.1) is 0 Å². The second kappa shape index (κ2) is 6.02. The summed E-state index contributed by atoms with van der Waals surface area (Å²) < 4.78 is 15.2. The summed E-state index contributed by atoms with van der Waals surface area (Å²) in [5.74, 6) is -0.619. The number of hydrogen-bond acceptors (Lipinski definition) is 3. The van der Waals surface area contributed by atoms with Gasteiger partial charge in [0, 0.05) is 16.2 Å². The smallest absolute Gasteiger partial charge is 0.152 e. The van der Waals surface area contributed by atoms with E-state index < -0.39 is 5.82 Å². The van der Waals surface area contributed by atoms with E-state index in [9.17, 15) is 4.39 Å². The predicted molar refractivity (Wildman–Crippen MR) is 81.2 cm³/mol. The first-order chi connectivity index (χ1) is 8.99. The zero-order chi connectivity index (χ0) is 14.0. The minimum absolute atomic E-state index is 0.177. The molecule has 1 aromatic heterocycles. The first-order valence-electron chi connectivity index (χ1n) is 5.11. The Morgan fingerprint density at radius 3 is 2.58 bits per heavy atom. The summed E-state index contributed by atoms with van der Waals surface area (Å²) in [6.07, 6.45) is 1.65. The number of nitrogens with two attached hydrogens (primary N) is 1. The maximum atomic E-state index is 14.1. The van der Waals surface area contributed by atoms with Crippen LogP contribution in [0.25, 0.3) is 0 Å². The maximum Gasteiger partial charge on any atom is 0.152 e. The Morgan fingerprint density at radius 1 is 1.26 bits per heavy atom. The second-order valence-electron chi connectivity index (χ2n) is 3.57. The van der Waals surface area contributed by atoms with Gasteiger partial charge in [0.15, 0.2) is 5.82 Å². The molecular weight excluding hydrogens is 397 g/mol. The van der Waals surface area contributed by atoms with Crippen LogP contribution < -0.4 is 5.73 Å². The third-order valence-electron chi connectivity index (χ3n) is 2.25. The highest BCUT2D eigenvalue weighted by Gasteiger charge is 2.14. The zero-order valence-corrected chi connectivity index (χ0v) is 13.4. The highest BCUT2D eigenvalue weighted by molar-refractivity contribution is 9.10. The molecule has 0 saturated carbocycles. The van der Waals surface area contributed by atoms with E-state index in [1.165, 1.54) is 11.8 Å². The van der Waals surface area contributed by atoms with Crippen molar-refractivity contribution in [2.24, 2.45) is 5.73 Å². The lowest BCUT2D eigenvalue weighted by atomic mass is 10.2. The molecule has 3 nitrogen and oxygen atoms in total. The number of pyridine rings is 1. The molecule has 0 saturated heterocycles. The largest absolute Gasteiger partial charge is 0.384 e. The van der Waals surface area contributed by atoms with Crippen molar-refractivity contribution in [2.45, 2.75) is 9.92 Å². The number of nitrogens with one attached hydrogen (secondary N) is 1. The highest BCUT2D eigenvalue weighted by atomic mass is 79.9. The summed E-state index contributed by atoms with van der Waals surface area (Å²) in [7, 11) is 0. The van der Waals surface area contributed by atoms with Crippen molar-refractivity contribution in [3.8, 4) is 0 Å². The molecule has 0 radical (unpaired) electrons. The van der Waals surface area contributed by atoms with Gasteiger partial charge in [-0.1, -0.05) is 11.8 Å². The van der Waals surface area contributed by atoms with E-state index in [0.717, 1.165) is 4.47 Å². The topological polar surface area (TPSA) is 62.8 Å². The number of amidine groups is 1. The lowest BCUT2D eigenvalue weighted by molar-refractivity contribution is 0.594. The molecule has 0 spiro atoms. The van der Waals surface area contributed by atoms with Crippen LogP contribution in [0.15, 0.2) is 49.3 Å². The molecule has 0 aliphatic carbocycles. The standard InChI is InChI=1S/C12H8Br2FN3S/c13-6-1-4-9(18-5-6)19-8-3-2-7(12(16)17)10(14)11(8)15/h1-5H,(H3,16,17). The number of nitrogens with zero attached hydrogens (tertiary/aromatic N) is 1. The normalized spacial score (nSPS) is 10.5. The van der Waals surface area contributed by atoms with E-state index in [-0.39, 0.29) is 10.3 Å². The minimum atomic E-state index is -0.442. The average molecular weight is 405 g/mol. The average Bonchev–Trinajstić information content (AvgIpc) is 2.37. The summed E-state index contributed by atoms with van der Waals surface area (Å²) in [4.78, 5) is 4.59. The van der Waals surface area contributed by atoms with Crippen molar-refractivity contribution in [3.63, 3.8) is 0 Å². The van der Waals surface area contributed by atoms with Crippen molar-refractivity contribution in [1.29, 1.82) is 5.41 Å². The fourth-order valence-corrected chi connectivity index (χ4v) is 3.07. The number of benzene rings is 1. The third kappa shape index (κ3) is 3.34. The van der Waals surface area contributed by atoms with Crippen molar-refractivity contribution >= 4 is 49.5 Å². The van der Waals surface area contributed by atoms with Crippen LogP contribution in [0.4, 0.5) is 4.39 Å². The minimum Gasteiger partial charge on any atom is -0.384 e. The van der Waals surface area contributed by atoms with Gasteiger partial charge in [0.2, 0.25) is 0 Å². The molecule has 2 rings (SSSR count). The predicted octanol–water partition coefficient (Wildman–Crippen LogP) is 4.18. The van der Waals surface area contributed by atoms with Crippen LogP contribution in [0.3, 0.4) is 0 Å². The SMILES string of the molecule is N=C(N)c1ccc(Sc2ccc(Br)cn2)c(F)c1Br. The molecule has 2 aromatic rings. The molecule has 0 fully saturated rings. The molecule has 0 atom stereocenters.